The molecule has 0 radical (unpaired) electrons. The molecule has 3 fully saturated rings. The van der Waals surface area contributed by atoms with E-state index in [9.17, 15) is 0 Å². The van der Waals surface area contributed by atoms with Gasteiger partial charge in [-0.25, -0.2) is 0 Å². The zero-order chi connectivity index (χ0) is 12.1. The lowest BCUT2D eigenvalue weighted by atomic mass is 9.62. The van der Waals surface area contributed by atoms with Crippen LogP contribution in [0.25, 0.3) is 0 Å². The van der Waals surface area contributed by atoms with E-state index in [2.05, 4.69) is 23.9 Å². The summed E-state index contributed by atoms with van der Waals surface area (Å²) in [5.74, 6) is 0. The van der Waals surface area contributed by atoms with Crippen molar-refractivity contribution in [3.63, 3.8) is 0 Å². The second-order valence-electron chi connectivity index (χ2n) is 6.60. The zero-order valence-electron chi connectivity index (χ0n) is 11.3. The highest BCUT2D eigenvalue weighted by Gasteiger charge is 2.60. The van der Waals surface area contributed by atoms with E-state index in [0.29, 0.717) is 16.9 Å². The van der Waals surface area contributed by atoms with Gasteiger partial charge >= 0.3 is 0 Å². The fourth-order valence-electron chi connectivity index (χ4n) is 4.74. The SMILES string of the molecule is CO/N=C1/CCN2CCC3(CCCC3(C)C)C12. The lowest BCUT2D eigenvalue weighted by Gasteiger charge is -2.43. The van der Waals surface area contributed by atoms with Gasteiger partial charge in [-0.05, 0) is 36.6 Å². The molecule has 3 aliphatic rings. The molecular formula is C14H24N2O. The van der Waals surface area contributed by atoms with Crippen LogP contribution in [0, 0.1) is 10.8 Å². The monoisotopic (exact) mass is 236 g/mol. The molecule has 96 valence electrons. The normalized spacial score (nSPS) is 42.5. The van der Waals surface area contributed by atoms with Crippen LogP contribution in [0.3, 0.4) is 0 Å². The lowest BCUT2D eigenvalue weighted by molar-refractivity contribution is 0.0934. The van der Waals surface area contributed by atoms with Crippen LogP contribution in [0.4, 0.5) is 0 Å². The van der Waals surface area contributed by atoms with Crippen molar-refractivity contribution < 1.29 is 4.84 Å². The Morgan fingerprint density at radius 1 is 1.24 bits per heavy atom. The van der Waals surface area contributed by atoms with Crippen LogP contribution in [0.5, 0.6) is 0 Å². The predicted molar refractivity (Wildman–Crippen MR) is 69.1 cm³/mol. The molecule has 0 amide bonds. The highest BCUT2D eigenvalue weighted by Crippen LogP contribution is 2.61. The highest BCUT2D eigenvalue weighted by molar-refractivity contribution is 5.92. The third kappa shape index (κ3) is 1.41. The summed E-state index contributed by atoms with van der Waals surface area (Å²) >= 11 is 0. The summed E-state index contributed by atoms with van der Waals surface area (Å²) in [6.45, 7) is 7.38. The molecule has 0 aromatic heterocycles. The van der Waals surface area contributed by atoms with E-state index < -0.39 is 0 Å². The third-order valence-electron chi connectivity index (χ3n) is 5.69. The van der Waals surface area contributed by atoms with Crippen molar-refractivity contribution in [1.82, 2.24) is 4.90 Å². The first-order valence-corrected chi connectivity index (χ1v) is 6.95. The Balaban J connectivity index is 1.99. The Kier molecular flexibility index (Phi) is 2.51. The molecule has 0 aromatic rings. The molecule has 17 heavy (non-hydrogen) atoms. The van der Waals surface area contributed by atoms with Gasteiger partial charge in [-0.3, -0.25) is 4.90 Å². The third-order valence-corrected chi connectivity index (χ3v) is 5.69. The highest BCUT2D eigenvalue weighted by atomic mass is 16.6. The lowest BCUT2D eigenvalue weighted by Crippen LogP contribution is -2.46. The molecule has 2 atom stereocenters. The van der Waals surface area contributed by atoms with Gasteiger partial charge in [0, 0.05) is 13.0 Å². The summed E-state index contributed by atoms with van der Waals surface area (Å²) in [6.07, 6.45) is 6.60. The van der Waals surface area contributed by atoms with Crippen molar-refractivity contribution in [2.75, 3.05) is 20.2 Å². The van der Waals surface area contributed by atoms with Gasteiger partial charge in [0.1, 0.15) is 7.11 Å². The quantitative estimate of drug-likeness (QED) is 0.654. The largest absolute Gasteiger partial charge is 0.399 e. The number of fused-ring (bicyclic) bond motifs is 2. The van der Waals surface area contributed by atoms with Gasteiger partial charge in [0.15, 0.2) is 0 Å². The number of hydrogen-bond acceptors (Lipinski definition) is 3. The van der Waals surface area contributed by atoms with E-state index in [4.69, 9.17) is 4.84 Å². The Morgan fingerprint density at radius 2 is 2.06 bits per heavy atom. The standard InChI is InChI=1S/C14H24N2O/c1-13(2)6-4-7-14(13)8-10-16-9-5-11(12(14)16)15-17-3/h12H,4-10H2,1-3H3/b15-11-. The van der Waals surface area contributed by atoms with Gasteiger partial charge in [-0.2, -0.15) is 0 Å². The fraction of sp³-hybridized carbons (Fsp3) is 0.929. The van der Waals surface area contributed by atoms with Crippen LogP contribution in [0.15, 0.2) is 5.16 Å². The molecule has 1 spiro atoms. The molecular weight excluding hydrogens is 212 g/mol. The van der Waals surface area contributed by atoms with Crippen molar-refractivity contribution in [2.24, 2.45) is 16.0 Å². The minimum Gasteiger partial charge on any atom is -0.399 e. The minimum absolute atomic E-state index is 0.464. The summed E-state index contributed by atoms with van der Waals surface area (Å²) in [4.78, 5) is 7.71. The second kappa shape index (κ2) is 3.71. The first-order chi connectivity index (χ1) is 8.11. The van der Waals surface area contributed by atoms with Crippen molar-refractivity contribution in [3.8, 4) is 0 Å². The van der Waals surface area contributed by atoms with Crippen LogP contribution in [0.1, 0.15) is 46.0 Å². The van der Waals surface area contributed by atoms with Crippen molar-refractivity contribution in [3.05, 3.63) is 0 Å². The van der Waals surface area contributed by atoms with Crippen LogP contribution < -0.4 is 0 Å². The summed E-state index contributed by atoms with van der Waals surface area (Å²) in [5, 5.41) is 4.33. The van der Waals surface area contributed by atoms with Gasteiger partial charge in [0.25, 0.3) is 0 Å². The van der Waals surface area contributed by atoms with E-state index in [1.54, 1.807) is 7.11 Å². The Morgan fingerprint density at radius 3 is 2.71 bits per heavy atom. The number of hydrogen-bond donors (Lipinski definition) is 0. The summed E-state index contributed by atoms with van der Waals surface area (Å²) in [7, 11) is 1.68. The van der Waals surface area contributed by atoms with Crippen LogP contribution in [-0.4, -0.2) is 36.9 Å². The van der Waals surface area contributed by atoms with E-state index in [0.717, 1.165) is 6.42 Å². The van der Waals surface area contributed by atoms with E-state index >= 15 is 0 Å². The molecule has 2 aliphatic heterocycles. The molecule has 2 unspecified atom stereocenters. The van der Waals surface area contributed by atoms with Crippen molar-refractivity contribution >= 4 is 5.71 Å². The van der Waals surface area contributed by atoms with Gasteiger partial charge in [0.2, 0.25) is 0 Å². The van der Waals surface area contributed by atoms with E-state index in [1.165, 1.54) is 44.5 Å². The molecule has 1 aliphatic carbocycles. The fourth-order valence-corrected chi connectivity index (χ4v) is 4.74. The molecule has 1 saturated carbocycles. The first kappa shape index (κ1) is 11.5. The maximum Gasteiger partial charge on any atom is 0.106 e. The zero-order valence-corrected chi connectivity index (χ0v) is 11.3. The number of oxime groups is 1. The summed E-state index contributed by atoms with van der Waals surface area (Å²) in [6, 6.07) is 0.569. The molecule has 3 rings (SSSR count). The van der Waals surface area contributed by atoms with Crippen LogP contribution in [-0.2, 0) is 4.84 Å². The molecule has 0 N–H and O–H groups in total. The Hall–Kier alpha value is -0.570. The molecule has 2 saturated heterocycles. The Labute approximate surface area is 104 Å². The van der Waals surface area contributed by atoms with Gasteiger partial charge < -0.3 is 4.84 Å². The summed E-state index contributed by atoms with van der Waals surface area (Å²) < 4.78 is 0. The topological polar surface area (TPSA) is 24.8 Å². The molecule has 0 aromatic carbocycles. The average molecular weight is 236 g/mol. The van der Waals surface area contributed by atoms with Crippen LogP contribution in [0.2, 0.25) is 0 Å². The van der Waals surface area contributed by atoms with E-state index in [1.807, 2.05) is 0 Å². The maximum absolute atomic E-state index is 5.07. The molecule has 3 nitrogen and oxygen atoms in total. The second-order valence-corrected chi connectivity index (χ2v) is 6.60. The first-order valence-electron chi connectivity index (χ1n) is 6.95. The maximum atomic E-state index is 5.07. The van der Waals surface area contributed by atoms with Gasteiger partial charge in [0.05, 0.1) is 11.8 Å². The van der Waals surface area contributed by atoms with Crippen LogP contribution >= 0.6 is 0 Å². The van der Waals surface area contributed by atoms with Crippen molar-refractivity contribution in [1.29, 1.82) is 0 Å². The molecule has 2 heterocycles. The average Bonchev–Trinajstić information content (AvgIpc) is 2.89. The smallest absolute Gasteiger partial charge is 0.106 e. The Bertz CT molecular complexity index is 350. The summed E-state index contributed by atoms with van der Waals surface area (Å²) in [5.41, 5.74) is 2.24. The van der Waals surface area contributed by atoms with Crippen molar-refractivity contribution in [2.45, 2.75) is 52.0 Å². The van der Waals surface area contributed by atoms with Gasteiger partial charge in [-0.15, -0.1) is 0 Å². The number of rotatable bonds is 1. The van der Waals surface area contributed by atoms with Gasteiger partial charge in [-0.1, -0.05) is 25.4 Å². The predicted octanol–water partition coefficient (Wildman–Crippen LogP) is 2.66. The number of nitrogens with zero attached hydrogens (tertiary/aromatic N) is 2. The molecule has 0 bridgehead atoms. The minimum atomic E-state index is 0.464. The molecule has 3 heteroatoms. The van der Waals surface area contributed by atoms with E-state index in [-0.39, 0.29) is 0 Å².